The van der Waals surface area contributed by atoms with Gasteiger partial charge in [0.15, 0.2) is 0 Å². The van der Waals surface area contributed by atoms with Crippen molar-refractivity contribution in [1.82, 2.24) is 14.5 Å². The summed E-state index contributed by atoms with van der Waals surface area (Å²) < 4.78 is 34.6. The molecule has 0 saturated heterocycles. The number of nitrogens with zero attached hydrogens (tertiary/aromatic N) is 2. The summed E-state index contributed by atoms with van der Waals surface area (Å²) in [6.45, 7) is 8.60. The van der Waals surface area contributed by atoms with Gasteiger partial charge in [-0.1, -0.05) is 13.8 Å². The van der Waals surface area contributed by atoms with Crippen LogP contribution in [0.3, 0.4) is 0 Å². The lowest BCUT2D eigenvalue weighted by Crippen LogP contribution is -2.68. The van der Waals surface area contributed by atoms with Gasteiger partial charge in [-0.25, -0.2) is 13.1 Å². The molecule has 0 radical (unpaired) electrons. The number of methoxy groups -OCH3 is 1. The SMILES string of the molecule is CCn1cc(S(=O)(=O)N[C@@H]2C[C@@](C)(OC)C2(C)C)cn1. The van der Waals surface area contributed by atoms with E-state index in [0.717, 1.165) is 0 Å². The summed E-state index contributed by atoms with van der Waals surface area (Å²) in [7, 11) is -1.86. The van der Waals surface area contributed by atoms with Crippen molar-refractivity contribution in [1.29, 1.82) is 0 Å². The first-order chi connectivity index (χ1) is 9.16. The van der Waals surface area contributed by atoms with Crippen LogP contribution in [0.2, 0.25) is 0 Å². The Morgan fingerprint density at radius 3 is 2.60 bits per heavy atom. The summed E-state index contributed by atoms with van der Waals surface area (Å²) in [5.74, 6) is 0. The maximum absolute atomic E-state index is 12.3. The molecule has 2 atom stereocenters. The van der Waals surface area contributed by atoms with Crippen LogP contribution in [0.4, 0.5) is 0 Å². The average molecular weight is 301 g/mol. The molecule has 0 bridgehead atoms. The maximum Gasteiger partial charge on any atom is 0.243 e. The van der Waals surface area contributed by atoms with Crippen LogP contribution in [0, 0.1) is 5.41 Å². The molecule has 7 heteroatoms. The monoisotopic (exact) mass is 301 g/mol. The van der Waals surface area contributed by atoms with Crippen LogP contribution < -0.4 is 4.72 Å². The molecule has 0 amide bonds. The van der Waals surface area contributed by atoms with Crippen molar-refractivity contribution in [2.45, 2.75) is 57.2 Å². The third-order valence-corrected chi connectivity index (χ3v) is 6.25. The molecule has 1 heterocycles. The maximum atomic E-state index is 12.3. The fraction of sp³-hybridized carbons (Fsp3) is 0.769. The standard InChI is InChI=1S/C13H23N3O3S/c1-6-16-9-10(8-14-16)20(17,18)15-11-7-13(4,19-5)12(11,2)3/h8-9,11,15H,6-7H2,1-5H3/t11-,13-/m1/s1. The van der Waals surface area contributed by atoms with Gasteiger partial charge in [-0.3, -0.25) is 4.68 Å². The van der Waals surface area contributed by atoms with E-state index in [0.29, 0.717) is 13.0 Å². The van der Waals surface area contributed by atoms with Gasteiger partial charge in [-0.05, 0) is 20.3 Å². The van der Waals surface area contributed by atoms with Crippen molar-refractivity contribution < 1.29 is 13.2 Å². The quantitative estimate of drug-likeness (QED) is 0.892. The minimum Gasteiger partial charge on any atom is -0.378 e. The predicted octanol–water partition coefficient (Wildman–Crippen LogP) is 1.38. The summed E-state index contributed by atoms with van der Waals surface area (Å²) in [6, 6.07) is -0.137. The molecule has 1 aliphatic carbocycles. The van der Waals surface area contributed by atoms with Gasteiger partial charge in [-0.2, -0.15) is 5.10 Å². The van der Waals surface area contributed by atoms with Crippen molar-refractivity contribution in [3.8, 4) is 0 Å². The zero-order valence-electron chi connectivity index (χ0n) is 12.7. The third-order valence-electron chi connectivity index (χ3n) is 4.82. The summed E-state index contributed by atoms with van der Waals surface area (Å²) in [5.41, 5.74) is -0.552. The molecule has 0 spiro atoms. The molecule has 20 heavy (non-hydrogen) atoms. The van der Waals surface area contributed by atoms with Gasteiger partial charge in [0.1, 0.15) is 4.90 Å². The van der Waals surface area contributed by atoms with Gasteiger partial charge in [0, 0.05) is 31.3 Å². The molecule has 2 rings (SSSR count). The minimum atomic E-state index is -3.53. The van der Waals surface area contributed by atoms with Gasteiger partial charge < -0.3 is 4.74 Å². The topological polar surface area (TPSA) is 73.2 Å². The summed E-state index contributed by atoms with van der Waals surface area (Å²) in [5, 5.41) is 4.01. The second-order valence-electron chi connectivity index (χ2n) is 6.07. The average Bonchev–Trinajstić information content (AvgIpc) is 2.87. The Kier molecular flexibility index (Phi) is 3.73. The molecule has 0 unspecified atom stereocenters. The number of hydrogen-bond acceptors (Lipinski definition) is 4. The fourth-order valence-electron chi connectivity index (χ4n) is 2.59. The summed E-state index contributed by atoms with van der Waals surface area (Å²) in [6.07, 6.45) is 3.59. The minimum absolute atomic E-state index is 0.137. The van der Waals surface area contributed by atoms with Crippen molar-refractivity contribution in [3.63, 3.8) is 0 Å². The second kappa shape index (κ2) is 4.82. The van der Waals surface area contributed by atoms with Crippen LogP contribution in [0.5, 0.6) is 0 Å². The van der Waals surface area contributed by atoms with Gasteiger partial charge in [0.2, 0.25) is 10.0 Å². The normalized spacial score (nSPS) is 29.1. The van der Waals surface area contributed by atoms with Gasteiger partial charge in [0.25, 0.3) is 0 Å². The Morgan fingerprint density at radius 1 is 1.50 bits per heavy atom. The lowest BCUT2D eigenvalue weighted by Gasteiger charge is -2.58. The molecular weight excluding hydrogens is 278 g/mol. The lowest BCUT2D eigenvalue weighted by atomic mass is 9.56. The first kappa shape index (κ1) is 15.5. The molecule has 1 aromatic rings. The van der Waals surface area contributed by atoms with E-state index in [4.69, 9.17) is 4.74 Å². The number of aromatic nitrogens is 2. The van der Waals surface area contributed by atoms with E-state index in [-0.39, 0.29) is 22.0 Å². The molecule has 1 aliphatic rings. The highest BCUT2D eigenvalue weighted by Crippen LogP contribution is 2.51. The third kappa shape index (κ3) is 2.27. The molecule has 1 aromatic heterocycles. The van der Waals surface area contributed by atoms with Gasteiger partial charge in [-0.15, -0.1) is 0 Å². The Morgan fingerprint density at radius 2 is 2.15 bits per heavy atom. The number of hydrogen-bond donors (Lipinski definition) is 1. The zero-order valence-corrected chi connectivity index (χ0v) is 13.5. The van der Waals surface area contributed by atoms with Gasteiger partial charge in [0.05, 0.1) is 11.8 Å². The number of nitrogens with one attached hydrogen (secondary N) is 1. The van der Waals surface area contributed by atoms with E-state index in [2.05, 4.69) is 9.82 Å². The van der Waals surface area contributed by atoms with Crippen LogP contribution in [-0.2, 0) is 21.3 Å². The van der Waals surface area contributed by atoms with Crippen LogP contribution in [-0.4, -0.2) is 37.0 Å². The van der Waals surface area contributed by atoms with Gasteiger partial charge >= 0.3 is 0 Å². The van der Waals surface area contributed by atoms with Crippen LogP contribution in [0.25, 0.3) is 0 Å². The Labute approximate surface area is 120 Å². The van der Waals surface area contributed by atoms with Crippen molar-refractivity contribution in [2.75, 3.05) is 7.11 Å². The Balaban J connectivity index is 2.15. The van der Waals surface area contributed by atoms with E-state index in [1.54, 1.807) is 18.0 Å². The molecule has 1 fully saturated rings. The molecule has 114 valence electrons. The van der Waals surface area contributed by atoms with Crippen molar-refractivity contribution in [2.24, 2.45) is 5.41 Å². The van der Waals surface area contributed by atoms with E-state index in [1.165, 1.54) is 6.20 Å². The zero-order chi connectivity index (χ0) is 15.2. The van der Waals surface area contributed by atoms with Crippen LogP contribution in [0.1, 0.15) is 34.1 Å². The number of ether oxygens (including phenoxy) is 1. The second-order valence-corrected chi connectivity index (χ2v) is 7.78. The largest absolute Gasteiger partial charge is 0.378 e. The Hall–Kier alpha value is -0.920. The van der Waals surface area contributed by atoms with Crippen LogP contribution >= 0.6 is 0 Å². The summed E-state index contributed by atoms with van der Waals surface area (Å²) >= 11 is 0. The number of rotatable bonds is 5. The Bertz CT molecular complexity index is 594. The summed E-state index contributed by atoms with van der Waals surface area (Å²) in [4.78, 5) is 0.209. The van der Waals surface area contributed by atoms with Crippen molar-refractivity contribution >= 4 is 10.0 Å². The molecule has 6 nitrogen and oxygen atoms in total. The van der Waals surface area contributed by atoms with E-state index < -0.39 is 10.0 Å². The molecular formula is C13H23N3O3S. The highest BCUT2D eigenvalue weighted by Gasteiger charge is 2.58. The molecule has 0 aromatic carbocycles. The highest BCUT2D eigenvalue weighted by atomic mass is 32.2. The van der Waals surface area contributed by atoms with Crippen molar-refractivity contribution in [3.05, 3.63) is 12.4 Å². The number of sulfonamides is 1. The van der Waals surface area contributed by atoms with E-state index >= 15 is 0 Å². The smallest absolute Gasteiger partial charge is 0.243 e. The lowest BCUT2D eigenvalue weighted by molar-refractivity contribution is -0.175. The molecule has 0 aliphatic heterocycles. The first-order valence-corrected chi connectivity index (χ1v) is 8.24. The first-order valence-electron chi connectivity index (χ1n) is 6.76. The van der Waals surface area contributed by atoms with Crippen LogP contribution in [0.15, 0.2) is 17.3 Å². The number of aryl methyl sites for hydroxylation is 1. The highest BCUT2D eigenvalue weighted by molar-refractivity contribution is 7.89. The van der Waals surface area contributed by atoms with E-state index in [1.807, 2.05) is 27.7 Å². The van der Waals surface area contributed by atoms with E-state index in [9.17, 15) is 8.42 Å². The molecule has 1 saturated carbocycles. The fourth-order valence-corrected chi connectivity index (χ4v) is 3.93. The predicted molar refractivity (Wildman–Crippen MR) is 75.8 cm³/mol. The molecule has 1 N–H and O–H groups in total.